The molecule has 0 saturated carbocycles. The van der Waals surface area contributed by atoms with Gasteiger partial charge in [0.2, 0.25) is 11.9 Å². The number of hydrogen-bond donors (Lipinski definition) is 3. The molecule has 6 aromatic rings. The van der Waals surface area contributed by atoms with Crippen molar-refractivity contribution in [3.05, 3.63) is 133 Å². The normalized spacial score (nSPS) is 12.2. The van der Waals surface area contributed by atoms with Crippen LogP contribution in [0, 0.1) is 28.9 Å². The molecule has 6 rings (SSSR count). The van der Waals surface area contributed by atoms with Crippen LogP contribution in [0.25, 0.3) is 22.5 Å². The number of carbonyl (C=O) groups is 1. The zero-order valence-corrected chi connectivity index (χ0v) is 33.6. The van der Waals surface area contributed by atoms with Crippen molar-refractivity contribution in [2.45, 2.75) is 49.8 Å². The Labute approximate surface area is 337 Å². The molecule has 0 aromatic carbocycles. The van der Waals surface area contributed by atoms with Crippen LogP contribution >= 0.6 is 12.4 Å². The summed E-state index contributed by atoms with van der Waals surface area (Å²) in [6.07, 6.45) is 5.62. The topological polar surface area (TPSA) is 191 Å². The maximum Gasteiger partial charge on any atom is 0.404 e. The van der Waals surface area contributed by atoms with E-state index in [0.29, 0.717) is 7.94 Å². The van der Waals surface area contributed by atoms with E-state index in [1.165, 1.54) is 73.2 Å². The molecule has 0 spiro atoms. The molecule has 6 heterocycles. The molecule has 1 unspecified atom stereocenters. The van der Waals surface area contributed by atoms with Crippen LogP contribution in [-0.4, -0.2) is 69.0 Å². The van der Waals surface area contributed by atoms with Crippen molar-refractivity contribution in [3.8, 4) is 22.5 Å². The van der Waals surface area contributed by atoms with Crippen LogP contribution in [-0.2, 0) is 33.0 Å². The van der Waals surface area contributed by atoms with E-state index in [4.69, 9.17) is 0 Å². The second-order valence-electron chi connectivity index (χ2n) is 13.4. The molecule has 0 aliphatic heterocycles. The average Bonchev–Trinajstić information content (AvgIpc) is 3.68. The van der Waals surface area contributed by atoms with Gasteiger partial charge in [-0.3, -0.25) is 0 Å². The maximum atomic E-state index is 15.6. The summed E-state index contributed by atoms with van der Waals surface area (Å²) in [7, 11) is -7.02. The number of halogens is 5. The summed E-state index contributed by atoms with van der Waals surface area (Å²) in [6, 6.07) is 13.0. The summed E-state index contributed by atoms with van der Waals surface area (Å²) < 4.78 is 113. The van der Waals surface area contributed by atoms with Crippen LogP contribution in [0.4, 0.5) is 22.4 Å². The molecule has 0 bridgehead atoms. The summed E-state index contributed by atoms with van der Waals surface area (Å²) >= 11 is 0. The second-order valence-corrected chi connectivity index (χ2v) is 16.9. The Hall–Kier alpha value is -5.70. The lowest BCUT2D eigenvalue weighted by molar-refractivity contribution is 0.174. The van der Waals surface area contributed by atoms with Gasteiger partial charge < -0.3 is 15.7 Å². The van der Waals surface area contributed by atoms with Gasteiger partial charge in [-0.15, -0.1) is 12.4 Å². The third-order valence-electron chi connectivity index (χ3n) is 8.45. The molecule has 6 aromatic heterocycles. The van der Waals surface area contributed by atoms with E-state index in [-0.39, 0.29) is 57.7 Å². The number of carboxylic acid groups (broad SMARTS) is 1. The van der Waals surface area contributed by atoms with Crippen LogP contribution in [0.15, 0.2) is 108 Å². The minimum absolute atomic E-state index is 0. The van der Waals surface area contributed by atoms with Crippen LogP contribution in [0.2, 0.25) is 0 Å². The molecule has 0 saturated heterocycles. The first-order valence-corrected chi connectivity index (χ1v) is 19.8. The zero-order chi connectivity index (χ0) is 41.7. The fourth-order valence-electron chi connectivity index (χ4n) is 5.60. The number of amides is 1. The van der Waals surface area contributed by atoms with Crippen molar-refractivity contribution in [2.75, 3.05) is 7.05 Å². The minimum atomic E-state index is -4.40. The lowest BCUT2D eigenvalue weighted by Gasteiger charge is -2.30. The fraction of sp³-hybridized carbons (Fsp3) is 0.216. The molecule has 1 amide bonds. The summed E-state index contributed by atoms with van der Waals surface area (Å²) in [5.74, 6) is -3.84. The predicted molar refractivity (Wildman–Crippen MR) is 207 cm³/mol. The molecule has 3 N–H and O–H groups in total. The van der Waals surface area contributed by atoms with Gasteiger partial charge >= 0.3 is 6.09 Å². The van der Waals surface area contributed by atoms with Gasteiger partial charge in [0.1, 0.15) is 11.4 Å². The van der Waals surface area contributed by atoms with Crippen LogP contribution < -0.4 is 10.6 Å². The first-order chi connectivity index (χ1) is 26.9. The number of rotatable bonds is 11. The predicted octanol–water partition coefficient (Wildman–Crippen LogP) is 6.29. The quantitative estimate of drug-likeness (QED) is 0.0981. The van der Waals surface area contributed by atoms with Gasteiger partial charge in [-0.2, -0.15) is 25.6 Å². The van der Waals surface area contributed by atoms with Crippen LogP contribution in [0.3, 0.4) is 0 Å². The number of pyridine rings is 4. The summed E-state index contributed by atoms with van der Waals surface area (Å²) in [5, 5.41) is 13.6. The van der Waals surface area contributed by atoms with Gasteiger partial charge in [-0.1, -0.05) is 32.9 Å². The largest absolute Gasteiger partial charge is 0.465 e. The first kappa shape index (κ1) is 45.0. The molecule has 0 fully saturated rings. The van der Waals surface area contributed by atoms with E-state index in [1.807, 2.05) is 0 Å². The van der Waals surface area contributed by atoms with Crippen molar-refractivity contribution < 1.29 is 44.3 Å². The highest BCUT2D eigenvalue weighted by Gasteiger charge is 2.33. The highest BCUT2D eigenvalue weighted by Crippen LogP contribution is 2.34. The molecular weight excluding hydrogens is 828 g/mol. The van der Waals surface area contributed by atoms with Gasteiger partial charge in [-0.25, -0.2) is 41.5 Å². The highest BCUT2D eigenvalue weighted by molar-refractivity contribution is 7.90. The molecule has 58 heavy (non-hydrogen) atoms. The monoisotopic (exact) mass is 864 g/mol. The lowest BCUT2D eigenvalue weighted by Crippen LogP contribution is -2.44. The van der Waals surface area contributed by atoms with E-state index in [2.05, 4.69) is 30.6 Å². The highest BCUT2D eigenvalue weighted by atomic mass is 35.5. The SMILES string of the molecule is CC(C)(C)C(Cc1cn(S(=O)(=O)c2ccccn2)c(-c2cccnc2F)c1F)NC(=O)O.CNCc1cn(S(=O)(=O)c2ccccn2)c(-c2cccnc2F)c1F.Cl. The summed E-state index contributed by atoms with van der Waals surface area (Å²) in [4.78, 5) is 25.9. The summed E-state index contributed by atoms with van der Waals surface area (Å²) in [5.41, 5.74) is -2.19. The van der Waals surface area contributed by atoms with Crippen molar-refractivity contribution in [3.63, 3.8) is 0 Å². The summed E-state index contributed by atoms with van der Waals surface area (Å²) in [6.45, 7) is 5.35. The van der Waals surface area contributed by atoms with E-state index in [0.717, 1.165) is 18.6 Å². The Balaban J connectivity index is 0.000000259. The molecule has 0 aliphatic rings. The molecule has 0 radical (unpaired) electrons. The standard InChI is InChI=1S/C21H22F2N4O4S.C16H14F2N4O2S.ClH/c1-21(2,3)15(26-20(28)29)11-13-12-27(32(30,31)16-8-4-5-9-24-16)18(17(13)22)14-7-6-10-25-19(14)23;1-19-9-11-10-22(25(23,24)13-6-2-3-7-20-13)15(14(11)17)12-5-4-8-21-16(12)18;/h4-10,12,15,26H,11H2,1-3H3,(H,28,29);2-8,10,19H,9H2,1H3;1H. The average molecular weight is 865 g/mol. The molecule has 14 nitrogen and oxygen atoms in total. The first-order valence-electron chi connectivity index (χ1n) is 16.9. The molecule has 308 valence electrons. The number of nitrogens with one attached hydrogen (secondary N) is 2. The Morgan fingerprint density at radius 2 is 1.14 bits per heavy atom. The van der Waals surface area contributed by atoms with Gasteiger partial charge in [0.15, 0.2) is 21.7 Å². The van der Waals surface area contributed by atoms with Crippen LogP contribution in [0.1, 0.15) is 31.9 Å². The van der Waals surface area contributed by atoms with Gasteiger partial charge in [-0.05, 0) is 67.4 Å². The van der Waals surface area contributed by atoms with Crippen molar-refractivity contribution in [1.29, 1.82) is 0 Å². The Bertz CT molecular complexity index is 2610. The fourth-order valence-corrected chi connectivity index (χ4v) is 8.26. The van der Waals surface area contributed by atoms with Crippen molar-refractivity contribution in [1.82, 2.24) is 38.5 Å². The third-order valence-corrected chi connectivity index (χ3v) is 11.6. The third kappa shape index (κ3) is 9.52. The van der Waals surface area contributed by atoms with Crippen molar-refractivity contribution >= 4 is 38.5 Å². The zero-order valence-electron chi connectivity index (χ0n) is 31.1. The lowest BCUT2D eigenvalue weighted by atomic mass is 9.83. The molecule has 21 heteroatoms. The minimum Gasteiger partial charge on any atom is -0.465 e. The molecule has 1 atom stereocenters. The van der Waals surface area contributed by atoms with Gasteiger partial charge in [0, 0.05) is 60.9 Å². The Morgan fingerprint density at radius 1 is 0.707 bits per heavy atom. The Kier molecular flexibility index (Phi) is 14.2. The van der Waals surface area contributed by atoms with Gasteiger partial charge in [0.25, 0.3) is 20.0 Å². The van der Waals surface area contributed by atoms with E-state index in [1.54, 1.807) is 33.9 Å². The number of nitrogens with zero attached hydrogens (tertiary/aromatic N) is 6. The maximum absolute atomic E-state index is 15.6. The van der Waals surface area contributed by atoms with Gasteiger partial charge in [0.05, 0.1) is 11.1 Å². The van der Waals surface area contributed by atoms with Crippen molar-refractivity contribution in [2.24, 2.45) is 5.41 Å². The van der Waals surface area contributed by atoms with E-state index < -0.39 is 72.5 Å². The molecular formula is C37H37ClF4N8O6S2. The van der Waals surface area contributed by atoms with Crippen LogP contribution in [0.5, 0.6) is 0 Å². The van der Waals surface area contributed by atoms with E-state index in [9.17, 15) is 39.9 Å². The smallest absolute Gasteiger partial charge is 0.404 e. The number of aromatic nitrogens is 6. The molecule has 0 aliphatic carbocycles. The number of hydrogen-bond acceptors (Lipinski definition) is 10. The Morgan fingerprint density at radius 3 is 1.52 bits per heavy atom. The van der Waals surface area contributed by atoms with E-state index >= 15 is 4.39 Å². The second kappa shape index (κ2) is 18.3.